The van der Waals surface area contributed by atoms with Gasteiger partial charge in [-0.1, -0.05) is 13.3 Å². The number of amides is 1. The van der Waals surface area contributed by atoms with Crippen molar-refractivity contribution in [2.24, 2.45) is 5.73 Å². The van der Waals surface area contributed by atoms with Crippen molar-refractivity contribution < 1.29 is 4.79 Å². The summed E-state index contributed by atoms with van der Waals surface area (Å²) >= 11 is 0. The van der Waals surface area contributed by atoms with Crippen LogP contribution in [0.3, 0.4) is 0 Å². The number of piperidine rings is 1. The second-order valence-corrected chi connectivity index (χ2v) is 4.32. The highest BCUT2D eigenvalue weighted by molar-refractivity contribution is 5.75. The SMILES string of the molecule is CCCCNC1CCN(CC(N)=O)CC1. The van der Waals surface area contributed by atoms with Gasteiger partial charge in [0.05, 0.1) is 6.54 Å². The van der Waals surface area contributed by atoms with Gasteiger partial charge in [0.1, 0.15) is 0 Å². The molecule has 4 nitrogen and oxygen atoms in total. The highest BCUT2D eigenvalue weighted by Crippen LogP contribution is 2.09. The maximum absolute atomic E-state index is 10.7. The van der Waals surface area contributed by atoms with Crippen LogP contribution in [0.25, 0.3) is 0 Å². The lowest BCUT2D eigenvalue weighted by Gasteiger charge is -2.31. The fraction of sp³-hybridized carbons (Fsp3) is 0.909. The molecule has 1 amide bonds. The molecule has 0 saturated carbocycles. The highest BCUT2D eigenvalue weighted by Gasteiger charge is 2.19. The molecule has 0 aromatic carbocycles. The van der Waals surface area contributed by atoms with Crippen LogP contribution in [0.15, 0.2) is 0 Å². The first-order valence-corrected chi connectivity index (χ1v) is 5.96. The van der Waals surface area contributed by atoms with Crippen molar-refractivity contribution in [3.05, 3.63) is 0 Å². The third-order valence-electron chi connectivity index (χ3n) is 2.93. The van der Waals surface area contributed by atoms with Crippen LogP contribution in [0.2, 0.25) is 0 Å². The molecular formula is C11H23N3O. The Morgan fingerprint density at radius 1 is 1.47 bits per heavy atom. The molecule has 0 aliphatic carbocycles. The minimum absolute atomic E-state index is 0.215. The van der Waals surface area contributed by atoms with E-state index in [1.165, 1.54) is 12.8 Å². The van der Waals surface area contributed by atoms with Crippen molar-refractivity contribution in [2.75, 3.05) is 26.2 Å². The van der Waals surface area contributed by atoms with Crippen LogP contribution in [0.4, 0.5) is 0 Å². The third kappa shape index (κ3) is 5.14. The molecule has 1 rings (SSSR count). The van der Waals surface area contributed by atoms with Gasteiger partial charge in [-0.25, -0.2) is 0 Å². The molecule has 1 saturated heterocycles. The second-order valence-electron chi connectivity index (χ2n) is 4.32. The number of hydrogen-bond acceptors (Lipinski definition) is 3. The van der Waals surface area contributed by atoms with Crippen LogP contribution >= 0.6 is 0 Å². The van der Waals surface area contributed by atoms with Gasteiger partial charge < -0.3 is 11.1 Å². The minimum atomic E-state index is -0.215. The Kier molecular flexibility index (Phi) is 5.65. The zero-order valence-corrected chi connectivity index (χ0v) is 9.67. The van der Waals surface area contributed by atoms with Crippen LogP contribution in [0.5, 0.6) is 0 Å². The molecule has 0 aromatic heterocycles. The maximum Gasteiger partial charge on any atom is 0.231 e. The van der Waals surface area contributed by atoms with Crippen LogP contribution in [0, 0.1) is 0 Å². The van der Waals surface area contributed by atoms with Gasteiger partial charge in [-0.15, -0.1) is 0 Å². The Morgan fingerprint density at radius 3 is 2.67 bits per heavy atom. The van der Waals surface area contributed by atoms with Crippen molar-refractivity contribution in [1.82, 2.24) is 10.2 Å². The number of hydrogen-bond donors (Lipinski definition) is 2. The monoisotopic (exact) mass is 213 g/mol. The fourth-order valence-corrected chi connectivity index (χ4v) is 2.00. The van der Waals surface area contributed by atoms with Crippen LogP contribution < -0.4 is 11.1 Å². The number of rotatable bonds is 6. The van der Waals surface area contributed by atoms with E-state index < -0.39 is 0 Å². The average molecular weight is 213 g/mol. The number of carbonyl (C=O) groups excluding carboxylic acids is 1. The summed E-state index contributed by atoms with van der Waals surface area (Å²) in [6.45, 7) is 5.73. The summed E-state index contributed by atoms with van der Waals surface area (Å²) in [6.07, 6.45) is 4.77. The highest BCUT2D eigenvalue weighted by atomic mass is 16.1. The number of primary amides is 1. The van der Waals surface area contributed by atoms with Gasteiger partial charge >= 0.3 is 0 Å². The molecule has 3 N–H and O–H groups in total. The van der Waals surface area contributed by atoms with Crippen LogP contribution in [-0.4, -0.2) is 43.0 Å². The van der Waals surface area contributed by atoms with Crippen molar-refractivity contribution >= 4 is 5.91 Å². The van der Waals surface area contributed by atoms with Gasteiger partial charge in [-0.05, 0) is 25.8 Å². The predicted octanol–water partition coefficient (Wildman–Crippen LogP) is 0.326. The van der Waals surface area contributed by atoms with E-state index in [0.29, 0.717) is 12.6 Å². The van der Waals surface area contributed by atoms with Crippen LogP contribution in [-0.2, 0) is 4.79 Å². The molecule has 1 aliphatic heterocycles. The summed E-state index contributed by atoms with van der Waals surface area (Å²) in [4.78, 5) is 12.9. The molecule has 0 bridgehead atoms. The zero-order valence-electron chi connectivity index (χ0n) is 9.67. The predicted molar refractivity (Wildman–Crippen MR) is 61.6 cm³/mol. The second kappa shape index (κ2) is 6.80. The molecule has 0 radical (unpaired) electrons. The van der Waals surface area contributed by atoms with Gasteiger partial charge in [0.15, 0.2) is 0 Å². The van der Waals surface area contributed by atoms with Crippen molar-refractivity contribution in [3.8, 4) is 0 Å². The summed E-state index contributed by atoms with van der Waals surface area (Å²) in [5.74, 6) is -0.215. The van der Waals surface area contributed by atoms with Crippen molar-refractivity contribution in [2.45, 2.75) is 38.6 Å². The Labute approximate surface area is 92.2 Å². The zero-order chi connectivity index (χ0) is 11.1. The van der Waals surface area contributed by atoms with E-state index in [0.717, 1.165) is 32.5 Å². The van der Waals surface area contributed by atoms with Crippen molar-refractivity contribution in [3.63, 3.8) is 0 Å². The Morgan fingerprint density at radius 2 is 2.13 bits per heavy atom. The van der Waals surface area contributed by atoms with E-state index in [4.69, 9.17) is 5.73 Å². The molecule has 88 valence electrons. The van der Waals surface area contributed by atoms with E-state index in [9.17, 15) is 4.79 Å². The first-order valence-electron chi connectivity index (χ1n) is 5.96. The topological polar surface area (TPSA) is 58.4 Å². The Hall–Kier alpha value is -0.610. The molecule has 4 heteroatoms. The lowest BCUT2D eigenvalue weighted by molar-refractivity contribution is -0.119. The van der Waals surface area contributed by atoms with Gasteiger partial charge in [0, 0.05) is 19.1 Å². The number of nitrogens with one attached hydrogen (secondary N) is 1. The lowest BCUT2D eigenvalue weighted by Crippen LogP contribution is -2.45. The van der Waals surface area contributed by atoms with E-state index >= 15 is 0 Å². The number of likely N-dealkylation sites (tertiary alicyclic amines) is 1. The lowest BCUT2D eigenvalue weighted by atomic mass is 10.0. The molecule has 0 atom stereocenters. The van der Waals surface area contributed by atoms with Crippen molar-refractivity contribution in [1.29, 1.82) is 0 Å². The van der Waals surface area contributed by atoms with Gasteiger partial charge in [0.2, 0.25) is 5.91 Å². The standard InChI is InChI=1S/C11H23N3O/c1-2-3-6-13-10-4-7-14(8-5-10)9-11(12)15/h10,13H,2-9H2,1H3,(H2,12,15). The molecular weight excluding hydrogens is 190 g/mol. The Balaban J connectivity index is 2.10. The Bertz CT molecular complexity index is 188. The summed E-state index contributed by atoms with van der Waals surface area (Å²) in [5.41, 5.74) is 5.16. The molecule has 0 spiro atoms. The first kappa shape index (κ1) is 12.5. The minimum Gasteiger partial charge on any atom is -0.369 e. The molecule has 0 unspecified atom stereocenters. The van der Waals surface area contributed by atoms with Gasteiger partial charge in [-0.2, -0.15) is 0 Å². The summed E-state index contributed by atoms with van der Waals surface area (Å²) in [5, 5.41) is 3.55. The van der Waals surface area contributed by atoms with Gasteiger partial charge in [-0.3, -0.25) is 9.69 Å². The number of carbonyl (C=O) groups is 1. The summed E-state index contributed by atoms with van der Waals surface area (Å²) in [7, 11) is 0. The van der Waals surface area contributed by atoms with Crippen LogP contribution in [0.1, 0.15) is 32.6 Å². The van der Waals surface area contributed by atoms with Gasteiger partial charge in [0.25, 0.3) is 0 Å². The van der Waals surface area contributed by atoms with E-state index in [1.807, 2.05) is 0 Å². The number of nitrogens with two attached hydrogens (primary N) is 1. The third-order valence-corrected chi connectivity index (χ3v) is 2.93. The largest absolute Gasteiger partial charge is 0.369 e. The normalized spacial score (nSPS) is 19.3. The summed E-state index contributed by atoms with van der Waals surface area (Å²) < 4.78 is 0. The van der Waals surface area contributed by atoms with E-state index in [-0.39, 0.29) is 5.91 Å². The molecule has 0 aromatic rings. The van der Waals surface area contributed by atoms with E-state index in [1.54, 1.807) is 0 Å². The first-order chi connectivity index (χ1) is 7.22. The summed E-state index contributed by atoms with van der Waals surface area (Å²) in [6, 6.07) is 0.640. The number of nitrogens with zero attached hydrogens (tertiary/aromatic N) is 1. The maximum atomic E-state index is 10.7. The molecule has 1 aliphatic rings. The molecule has 1 heterocycles. The average Bonchev–Trinajstić information content (AvgIpc) is 2.20. The smallest absolute Gasteiger partial charge is 0.231 e. The fourth-order valence-electron chi connectivity index (χ4n) is 2.00. The molecule has 15 heavy (non-hydrogen) atoms. The quantitative estimate of drug-likeness (QED) is 0.625. The molecule has 1 fully saturated rings. The van der Waals surface area contributed by atoms with E-state index in [2.05, 4.69) is 17.1 Å². The number of unbranched alkanes of at least 4 members (excludes halogenated alkanes) is 1.